The van der Waals surface area contributed by atoms with E-state index in [0.717, 1.165) is 16.9 Å². The zero-order valence-corrected chi connectivity index (χ0v) is 19.8. The van der Waals surface area contributed by atoms with Crippen molar-refractivity contribution < 1.29 is 23.2 Å². The predicted molar refractivity (Wildman–Crippen MR) is 132 cm³/mol. The SMILES string of the molecule is COc1ccc(-c2noc(CCC(=O)NC(C)c3ccc(NC(=O)c4ccc(F)cc4)cc3)n2)cc1. The molecule has 0 spiro atoms. The number of hydrogen-bond acceptors (Lipinski definition) is 6. The second kappa shape index (κ2) is 11.3. The van der Waals surface area contributed by atoms with E-state index >= 15 is 0 Å². The summed E-state index contributed by atoms with van der Waals surface area (Å²) in [6.45, 7) is 1.87. The van der Waals surface area contributed by atoms with Crippen LogP contribution in [-0.4, -0.2) is 29.1 Å². The quantitative estimate of drug-likeness (QED) is 0.345. The number of nitrogens with zero attached hydrogens (tertiary/aromatic N) is 2. The third kappa shape index (κ3) is 6.32. The maximum absolute atomic E-state index is 13.0. The molecule has 0 radical (unpaired) electrons. The topological polar surface area (TPSA) is 106 Å². The summed E-state index contributed by atoms with van der Waals surface area (Å²) in [5.41, 5.74) is 2.62. The first kappa shape index (κ1) is 24.6. The smallest absolute Gasteiger partial charge is 0.255 e. The van der Waals surface area contributed by atoms with E-state index in [4.69, 9.17) is 9.26 Å². The molecule has 1 atom stereocenters. The van der Waals surface area contributed by atoms with Crippen molar-refractivity contribution in [2.24, 2.45) is 0 Å². The van der Waals surface area contributed by atoms with Crippen LogP contribution in [0.5, 0.6) is 5.75 Å². The van der Waals surface area contributed by atoms with Gasteiger partial charge in [-0.25, -0.2) is 4.39 Å². The van der Waals surface area contributed by atoms with Crippen molar-refractivity contribution in [2.75, 3.05) is 12.4 Å². The lowest BCUT2D eigenvalue weighted by molar-refractivity contribution is -0.121. The van der Waals surface area contributed by atoms with Crippen molar-refractivity contribution in [2.45, 2.75) is 25.8 Å². The second-order valence-corrected chi connectivity index (χ2v) is 8.11. The van der Waals surface area contributed by atoms with Crippen LogP contribution in [0.1, 0.15) is 41.2 Å². The maximum atomic E-state index is 13.0. The van der Waals surface area contributed by atoms with Gasteiger partial charge in [-0.2, -0.15) is 4.98 Å². The summed E-state index contributed by atoms with van der Waals surface area (Å²) >= 11 is 0. The van der Waals surface area contributed by atoms with E-state index < -0.39 is 5.82 Å². The molecular formula is C27H25FN4O4. The molecule has 0 aliphatic heterocycles. The molecule has 0 aliphatic carbocycles. The number of hydrogen-bond donors (Lipinski definition) is 2. The Hall–Kier alpha value is -4.53. The maximum Gasteiger partial charge on any atom is 0.255 e. The Balaban J connectivity index is 1.26. The number of amides is 2. The van der Waals surface area contributed by atoms with Crippen molar-refractivity contribution in [3.63, 3.8) is 0 Å². The third-order valence-electron chi connectivity index (χ3n) is 5.53. The molecule has 184 valence electrons. The van der Waals surface area contributed by atoms with Gasteiger partial charge in [-0.3, -0.25) is 9.59 Å². The molecule has 4 rings (SSSR count). The number of carbonyl (C=O) groups excluding carboxylic acids is 2. The van der Waals surface area contributed by atoms with Crippen LogP contribution in [0.25, 0.3) is 11.4 Å². The minimum atomic E-state index is -0.401. The number of benzene rings is 3. The summed E-state index contributed by atoms with van der Waals surface area (Å²) < 4.78 is 23.4. The van der Waals surface area contributed by atoms with Gasteiger partial charge >= 0.3 is 0 Å². The molecule has 4 aromatic rings. The summed E-state index contributed by atoms with van der Waals surface area (Å²) in [7, 11) is 1.60. The van der Waals surface area contributed by atoms with Crippen LogP contribution in [0.3, 0.4) is 0 Å². The molecule has 2 amide bonds. The molecule has 8 nitrogen and oxygen atoms in total. The second-order valence-electron chi connectivity index (χ2n) is 8.11. The molecule has 3 aromatic carbocycles. The Morgan fingerprint density at radius 3 is 2.36 bits per heavy atom. The van der Waals surface area contributed by atoms with Crippen LogP contribution in [-0.2, 0) is 11.2 Å². The van der Waals surface area contributed by atoms with Crippen molar-refractivity contribution in [1.82, 2.24) is 15.5 Å². The zero-order chi connectivity index (χ0) is 25.5. The number of rotatable bonds is 9. The Morgan fingerprint density at radius 1 is 1.00 bits per heavy atom. The van der Waals surface area contributed by atoms with Crippen LogP contribution >= 0.6 is 0 Å². The number of nitrogens with one attached hydrogen (secondary N) is 2. The summed E-state index contributed by atoms with van der Waals surface area (Å²) in [5, 5.41) is 9.68. The Kier molecular flexibility index (Phi) is 7.69. The number of aryl methyl sites for hydroxylation is 1. The fourth-order valence-corrected chi connectivity index (χ4v) is 3.49. The van der Waals surface area contributed by atoms with Crippen LogP contribution in [0.4, 0.5) is 10.1 Å². The lowest BCUT2D eigenvalue weighted by Crippen LogP contribution is -2.26. The van der Waals surface area contributed by atoms with E-state index in [1.807, 2.05) is 43.3 Å². The largest absolute Gasteiger partial charge is 0.497 e. The lowest BCUT2D eigenvalue weighted by atomic mass is 10.1. The third-order valence-corrected chi connectivity index (χ3v) is 5.53. The van der Waals surface area contributed by atoms with Gasteiger partial charge in [0.05, 0.1) is 13.2 Å². The minimum absolute atomic E-state index is 0.152. The fraction of sp³-hybridized carbons (Fsp3) is 0.185. The predicted octanol–water partition coefficient (Wildman–Crippen LogP) is 4.95. The van der Waals surface area contributed by atoms with Crippen molar-refractivity contribution in [3.8, 4) is 17.1 Å². The van der Waals surface area contributed by atoms with Gasteiger partial charge < -0.3 is 19.9 Å². The number of ether oxygens (including phenoxy) is 1. The molecular weight excluding hydrogens is 463 g/mol. The molecule has 36 heavy (non-hydrogen) atoms. The van der Waals surface area contributed by atoms with E-state index in [0.29, 0.717) is 29.4 Å². The van der Waals surface area contributed by atoms with Gasteiger partial charge in [0.15, 0.2) is 0 Å². The van der Waals surface area contributed by atoms with Gasteiger partial charge in [0.25, 0.3) is 5.91 Å². The van der Waals surface area contributed by atoms with Crippen molar-refractivity contribution in [1.29, 1.82) is 0 Å². The normalized spacial score (nSPS) is 11.5. The van der Waals surface area contributed by atoms with E-state index in [-0.39, 0.29) is 24.3 Å². The summed E-state index contributed by atoms with van der Waals surface area (Å²) in [4.78, 5) is 29.1. The van der Waals surface area contributed by atoms with Gasteiger partial charge in [-0.1, -0.05) is 17.3 Å². The number of halogens is 1. The van der Waals surface area contributed by atoms with Crippen LogP contribution in [0.2, 0.25) is 0 Å². The van der Waals surface area contributed by atoms with Crippen molar-refractivity contribution in [3.05, 3.63) is 95.6 Å². The monoisotopic (exact) mass is 488 g/mol. The lowest BCUT2D eigenvalue weighted by Gasteiger charge is -2.15. The van der Waals surface area contributed by atoms with Crippen LogP contribution < -0.4 is 15.4 Å². The first-order chi connectivity index (χ1) is 17.4. The highest BCUT2D eigenvalue weighted by Gasteiger charge is 2.14. The van der Waals surface area contributed by atoms with Crippen LogP contribution in [0.15, 0.2) is 77.3 Å². The Bertz CT molecular complexity index is 1320. The Labute approximate surface area is 207 Å². The Morgan fingerprint density at radius 2 is 1.69 bits per heavy atom. The molecule has 0 fully saturated rings. The van der Waals surface area contributed by atoms with E-state index in [9.17, 15) is 14.0 Å². The van der Waals surface area contributed by atoms with Gasteiger partial charge in [0, 0.05) is 29.7 Å². The molecule has 2 N–H and O–H groups in total. The van der Waals surface area contributed by atoms with Gasteiger partial charge in [-0.05, 0) is 73.2 Å². The molecule has 0 saturated carbocycles. The van der Waals surface area contributed by atoms with Crippen LogP contribution in [0, 0.1) is 5.82 Å². The van der Waals surface area contributed by atoms with E-state index in [1.165, 1.54) is 24.3 Å². The standard InChI is InChI=1S/C27H25FN4O4/c1-17(18-5-11-22(12-6-18)30-27(34)20-3-9-21(28)10-4-20)29-24(33)15-16-25-31-26(32-36-25)19-7-13-23(35-2)14-8-19/h3-14,17H,15-16H2,1-2H3,(H,29,33)(H,30,34). The highest BCUT2D eigenvalue weighted by molar-refractivity contribution is 6.04. The molecule has 9 heteroatoms. The first-order valence-electron chi connectivity index (χ1n) is 11.3. The summed E-state index contributed by atoms with van der Waals surface area (Å²) in [6, 6.07) is 19.5. The number of carbonyl (C=O) groups is 2. The molecule has 1 heterocycles. The van der Waals surface area contributed by atoms with Crippen molar-refractivity contribution >= 4 is 17.5 Å². The highest BCUT2D eigenvalue weighted by Crippen LogP contribution is 2.20. The molecule has 1 unspecified atom stereocenters. The number of methoxy groups -OCH3 is 1. The first-order valence-corrected chi connectivity index (χ1v) is 11.3. The summed E-state index contributed by atoms with van der Waals surface area (Å²) in [5.74, 6) is 0.679. The van der Waals surface area contributed by atoms with Gasteiger partial charge in [0.2, 0.25) is 17.6 Å². The minimum Gasteiger partial charge on any atom is -0.497 e. The van der Waals surface area contributed by atoms with E-state index in [1.54, 1.807) is 19.2 Å². The zero-order valence-electron chi connectivity index (χ0n) is 19.8. The number of aromatic nitrogens is 2. The molecule has 0 bridgehead atoms. The number of anilines is 1. The average Bonchev–Trinajstić information content (AvgIpc) is 3.37. The van der Waals surface area contributed by atoms with Gasteiger partial charge in [0.1, 0.15) is 11.6 Å². The fourth-order valence-electron chi connectivity index (χ4n) is 3.49. The highest BCUT2D eigenvalue weighted by atomic mass is 19.1. The molecule has 0 saturated heterocycles. The molecule has 1 aromatic heterocycles. The molecule has 0 aliphatic rings. The van der Waals surface area contributed by atoms with Gasteiger partial charge in [-0.15, -0.1) is 0 Å². The van der Waals surface area contributed by atoms with E-state index in [2.05, 4.69) is 20.8 Å². The summed E-state index contributed by atoms with van der Waals surface area (Å²) in [6.07, 6.45) is 0.510. The average molecular weight is 489 g/mol.